The van der Waals surface area contributed by atoms with Crippen LogP contribution < -0.4 is 4.90 Å². The van der Waals surface area contributed by atoms with Crippen molar-refractivity contribution in [2.24, 2.45) is 5.92 Å². The SMILES string of the molecule is COC(=O)C1CCN(C2CCc3cc(C4CN(c5c(F)cccc5F)C4)ccc32)CC1. The van der Waals surface area contributed by atoms with Gasteiger partial charge in [0.15, 0.2) is 0 Å². The molecule has 0 amide bonds. The molecule has 1 atom stereocenters. The van der Waals surface area contributed by atoms with Crippen molar-refractivity contribution in [2.75, 3.05) is 38.2 Å². The zero-order chi connectivity index (χ0) is 21.5. The largest absolute Gasteiger partial charge is 0.469 e. The lowest BCUT2D eigenvalue weighted by Gasteiger charge is -2.41. The van der Waals surface area contributed by atoms with E-state index >= 15 is 0 Å². The molecule has 0 bridgehead atoms. The average molecular weight is 427 g/mol. The van der Waals surface area contributed by atoms with Gasteiger partial charge in [0, 0.05) is 25.0 Å². The van der Waals surface area contributed by atoms with Crippen LogP contribution in [0.3, 0.4) is 0 Å². The molecule has 2 heterocycles. The molecule has 4 nitrogen and oxygen atoms in total. The Kier molecular flexibility index (Phi) is 5.42. The van der Waals surface area contributed by atoms with Crippen molar-refractivity contribution >= 4 is 11.7 Å². The molecule has 0 radical (unpaired) electrons. The molecule has 164 valence electrons. The molecule has 0 saturated carbocycles. The molecular weight excluding hydrogens is 398 g/mol. The van der Waals surface area contributed by atoms with Gasteiger partial charge in [-0.05, 0) is 67.6 Å². The van der Waals surface area contributed by atoms with Crippen LogP contribution in [0.1, 0.15) is 47.9 Å². The second-order valence-electron chi connectivity index (χ2n) is 9.02. The van der Waals surface area contributed by atoms with E-state index in [0.717, 1.165) is 38.8 Å². The summed E-state index contributed by atoms with van der Waals surface area (Å²) in [6.45, 7) is 3.14. The summed E-state index contributed by atoms with van der Waals surface area (Å²) in [7, 11) is 1.47. The van der Waals surface area contributed by atoms with Gasteiger partial charge in [-0.3, -0.25) is 9.69 Å². The van der Waals surface area contributed by atoms with Gasteiger partial charge in [-0.2, -0.15) is 0 Å². The van der Waals surface area contributed by atoms with Crippen molar-refractivity contribution in [1.82, 2.24) is 4.90 Å². The summed E-state index contributed by atoms with van der Waals surface area (Å²) in [5.41, 5.74) is 4.15. The van der Waals surface area contributed by atoms with Gasteiger partial charge in [-0.15, -0.1) is 0 Å². The fraction of sp³-hybridized carbons (Fsp3) is 0.480. The Balaban J connectivity index is 1.23. The van der Waals surface area contributed by atoms with Crippen LogP contribution >= 0.6 is 0 Å². The highest BCUT2D eigenvalue weighted by molar-refractivity contribution is 5.72. The Morgan fingerprint density at radius 3 is 2.42 bits per heavy atom. The first kappa shape index (κ1) is 20.4. The molecule has 5 rings (SSSR count). The summed E-state index contributed by atoms with van der Waals surface area (Å²) in [5, 5.41) is 0. The highest BCUT2D eigenvalue weighted by atomic mass is 19.1. The Bertz CT molecular complexity index is 961. The maximum atomic E-state index is 14.0. The van der Waals surface area contributed by atoms with E-state index in [9.17, 15) is 13.6 Å². The van der Waals surface area contributed by atoms with Crippen LogP contribution in [0.2, 0.25) is 0 Å². The zero-order valence-corrected chi connectivity index (χ0v) is 17.8. The maximum Gasteiger partial charge on any atom is 0.308 e. The molecule has 2 aliphatic heterocycles. The van der Waals surface area contributed by atoms with Crippen molar-refractivity contribution in [1.29, 1.82) is 0 Å². The molecule has 1 unspecified atom stereocenters. The van der Waals surface area contributed by atoms with E-state index in [4.69, 9.17) is 4.74 Å². The Morgan fingerprint density at radius 2 is 1.74 bits per heavy atom. The first-order chi connectivity index (χ1) is 15.0. The number of hydrogen-bond donors (Lipinski definition) is 0. The monoisotopic (exact) mass is 426 g/mol. The number of anilines is 1. The summed E-state index contributed by atoms with van der Waals surface area (Å²) in [5.74, 6) is -0.733. The van der Waals surface area contributed by atoms with Crippen molar-refractivity contribution < 1.29 is 18.3 Å². The lowest BCUT2D eigenvalue weighted by molar-refractivity contribution is -0.147. The number of para-hydroxylation sites is 1. The third-order valence-corrected chi connectivity index (χ3v) is 7.32. The van der Waals surface area contributed by atoms with Crippen LogP contribution in [-0.4, -0.2) is 44.2 Å². The molecule has 3 aliphatic rings. The van der Waals surface area contributed by atoms with Gasteiger partial charge in [0.1, 0.15) is 17.3 Å². The number of nitrogens with zero attached hydrogens (tertiary/aromatic N) is 2. The van der Waals surface area contributed by atoms with Gasteiger partial charge in [-0.25, -0.2) is 8.78 Å². The number of ether oxygens (including phenoxy) is 1. The molecule has 2 saturated heterocycles. The lowest BCUT2D eigenvalue weighted by Crippen LogP contribution is -2.46. The van der Waals surface area contributed by atoms with Crippen molar-refractivity contribution in [3.8, 4) is 0 Å². The summed E-state index contributed by atoms with van der Waals surface area (Å²) < 4.78 is 33.0. The number of fused-ring (bicyclic) bond motifs is 1. The second-order valence-corrected chi connectivity index (χ2v) is 9.02. The number of piperidine rings is 1. The third kappa shape index (κ3) is 3.71. The van der Waals surface area contributed by atoms with Gasteiger partial charge in [-0.1, -0.05) is 24.3 Å². The van der Waals surface area contributed by atoms with Crippen LogP contribution in [-0.2, 0) is 16.0 Å². The number of benzene rings is 2. The molecule has 31 heavy (non-hydrogen) atoms. The molecular formula is C25H28F2N2O2. The number of halogens is 2. The molecule has 2 aromatic carbocycles. The lowest BCUT2D eigenvalue weighted by atomic mass is 9.88. The van der Waals surface area contributed by atoms with Gasteiger partial charge in [0.2, 0.25) is 0 Å². The van der Waals surface area contributed by atoms with Gasteiger partial charge in [0.25, 0.3) is 0 Å². The fourth-order valence-electron chi connectivity index (χ4n) is 5.52. The van der Waals surface area contributed by atoms with E-state index in [1.165, 1.54) is 42.0 Å². The first-order valence-corrected chi connectivity index (χ1v) is 11.2. The standard InChI is InChI=1S/C25H28F2N2O2/c1-31-25(30)16-9-11-28(12-10-16)23-8-6-18-13-17(5-7-20(18)23)19-14-29(15-19)24-21(26)3-2-4-22(24)27/h2-5,7,13,16,19,23H,6,8-12,14-15H2,1H3. The van der Waals surface area contributed by atoms with Crippen molar-refractivity contribution in [2.45, 2.75) is 37.6 Å². The molecule has 0 spiro atoms. The maximum absolute atomic E-state index is 14.0. The number of carbonyl (C=O) groups excluding carboxylic acids is 1. The van der Waals surface area contributed by atoms with Gasteiger partial charge >= 0.3 is 5.97 Å². The van der Waals surface area contributed by atoms with Crippen LogP contribution in [0.4, 0.5) is 14.5 Å². The highest BCUT2D eigenvalue weighted by Gasteiger charge is 2.35. The van der Waals surface area contributed by atoms with E-state index in [-0.39, 0.29) is 17.6 Å². The van der Waals surface area contributed by atoms with Gasteiger partial charge in [0.05, 0.1) is 13.0 Å². The molecule has 1 aliphatic carbocycles. The normalized spacial score (nSPS) is 22.3. The minimum atomic E-state index is -0.494. The van der Waals surface area contributed by atoms with E-state index in [0.29, 0.717) is 25.0 Å². The van der Waals surface area contributed by atoms with E-state index in [1.54, 1.807) is 4.90 Å². The number of methoxy groups -OCH3 is 1. The molecule has 2 aromatic rings. The number of rotatable bonds is 4. The molecule has 0 N–H and O–H groups in total. The minimum Gasteiger partial charge on any atom is -0.469 e. The van der Waals surface area contributed by atoms with Gasteiger partial charge < -0.3 is 9.64 Å². The quantitative estimate of drug-likeness (QED) is 0.677. The van der Waals surface area contributed by atoms with E-state index < -0.39 is 11.6 Å². The predicted octanol–water partition coefficient (Wildman–Crippen LogP) is 4.44. The predicted molar refractivity (Wildman–Crippen MR) is 115 cm³/mol. The summed E-state index contributed by atoms with van der Waals surface area (Å²) >= 11 is 0. The average Bonchev–Trinajstić information content (AvgIpc) is 3.17. The number of likely N-dealkylation sites (tertiary alicyclic amines) is 1. The number of hydrogen-bond acceptors (Lipinski definition) is 4. The summed E-state index contributed by atoms with van der Waals surface area (Å²) in [4.78, 5) is 16.1. The Labute approximate surface area is 181 Å². The first-order valence-electron chi connectivity index (χ1n) is 11.2. The zero-order valence-electron chi connectivity index (χ0n) is 17.8. The van der Waals surface area contributed by atoms with E-state index in [1.807, 2.05) is 0 Å². The summed E-state index contributed by atoms with van der Waals surface area (Å²) in [6.07, 6.45) is 3.89. The fourth-order valence-corrected chi connectivity index (χ4v) is 5.52. The number of aryl methyl sites for hydroxylation is 1. The smallest absolute Gasteiger partial charge is 0.308 e. The second kappa shape index (κ2) is 8.23. The Morgan fingerprint density at radius 1 is 1.03 bits per heavy atom. The number of esters is 1. The van der Waals surface area contributed by atoms with E-state index in [2.05, 4.69) is 23.1 Å². The van der Waals surface area contributed by atoms with Crippen LogP contribution in [0.5, 0.6) is 0 Å². The molecule has 6 heteroatoms. The van der Waals surface area contributed by atoms with Crippen LogP contribution in [0.15, 0.2) is 36.4 Å². The Hall–Kier alpha value is -2.47. The summed E-state index contributed by atoms with van der Waals surface area (Å²) in [6, 6.07) is 11.2. The van der Waals surface area contributed by atoms with Crippen LogP contribution in [0, 0.1) is 17.6 Å². The number of carbonyl (C=O) groups is 1. The minimum absolute atomic E-state index is 0.0327. The van der Waals surface area contributed by atoms with Crippen molar-refractivity contribution in [3.05, 3.63) is 64.7 Å². The molecule has 2 fully saturated rings. The van der Waals surface area contributed by atoms with Crippen LogP contribution in [0.25, 0.3) is 0 Å². The van der Waals surface area contributed by atoms with Crippen molar-refractivity contribution in [3.63, 3.8) is 0 Å². The third-order valence-electron chi connectivity index (χ3n) is 7.32. The molecule has 0 aromatic heterocycles. The topological polar surface area (TPSA) is 32.8 Å². The highest BCUT2D eigenvalue weighted by Crippen LogP contribution is 2.41.